The van der Waals surface area contributed by atoms with E-state index in [1.807, 2.05) is 60.6 Å². The Balaban J connectivity index is 1.81. The largest absolute Gasteiger partial charge is 0.341 e. The van der Waals surface area contributed by atoms with Crippen LogP contribution in [0.4, 0.5) is 0 Å². The Bertz CT molecular complexity index is 921. The van der Waals surface area contributed by atoms with Crippen LogP contribution in [0.5, 0.6) is 0 Å². The molecule has 1 aliphatic heterocycles. The lowest BCUT2D eigenvalue weighted by Gasteiger charge is -2.35. The van der Waals surface area contributed by atoms with Gasteiger partial charge in [-0.05, 0) is 43.5 Å². The molecule has 0 aliphatic carbocycles. The van der Waals surface area contributed by atoms with Crippen LogP contribution >= 0.6 is 12.2 Å². The maximum Gasteiger partial charge on any atom is 0.249 e. The van der Waals surface area contributed by atoms with Gasteiger partial charge in [-0.2, -0.15) is 5.10 Å². The number of nitrogens with one attached hydrogen (secondary N) is 2. The molecule has 1 aliphatic rings. The highest BCUT2D eigenvalue weighted by atomic mass is 32.1. The molecule has 162 valence electrons. The van der Waals surface area contributed by atoms with Crippen LogP contribution in [0.15, 0.2) is 30.3 Å². The molecule has 0 bridgehead atoms. The van der Waals surface area contributed by atoms with Gasteiger partial charge < -0.3 is 14.8 Å². The van der Waals surface area contributed by atoms with E-state index < -0.39 is 6.04 Å². The van der Waals surface area contributed by atoms with E-state index in [0.717, 1.165) is 30.8 Å². The van der Waals surface area contributed by atoms with Crippen molar-refractivity contribution in [3.05, 3.63) is 46.5 Å². The van der Waals surface area contributed by atoms with Gasteiger partial charge in [0.05, 0.1) is 0 Å². The molecule has 1 aromatic carbocycles. The Hall–Kier alpha value is -2.48. The van der Waals surface area contributed by atoms with Gasteiger partial charge in [-0.25, -0.2) is 0 Å². The summed E-state index contributed by atoms with van der Waals surface area (Å²) in [5, 5.41) is 10.3. The Morgan fingerprint density at radius 1 is 1.30 bits per heavy atom. The number of carbonyl (C=O) groups excluding carboxylic acids is 2. The summed E-state index contributed by atoms with van der Waals surface area (Å²) >= 11 is 5.33. The first-order valence-corrected chi connectivity index (χ1v) is 11.1. The molecular weight excluding hydrogens is 398 g/mol. The molecule has 0 spiro atoms. The monoisotopic (exact) mass is 429 g/mol. The summed E-state index contributed by atoms with van der Waals surface area (Å²) in [4.78, 5) is 27.9. The average molecular weight is 430 g/mol. The van der Waals surface area contributed by atoms with Crippen LogP contribution in [-0.2, 0) is 16.1 Å². The lowest BCUT2D eigenvalue weighted by molar-refractivity contribution is -0.138. The van der Waals surface area contributed by atoms with Crippen LogP contribution in [0, 0.1) is 10.7 Å². The summed E-state index contributed by atoms with van der Waals surface area (Å²) < 4.78 is 2.60. The van der Waals surface area contributed by atoms with E-state index in [-0.39, 0.29) is 23.7 Å². The van der Waals surface area contributed by atoms with Gasteiger partial charge in [0.25, 0.3) is 0 Å². The smallest absolute Gasteiger partial charge is 0.249 e. The van der Waals surface area contributed by atoms with Crippen LogP contribution in [0.1, 0.15) is 63.4 Å². The molecule has 30 heavy (non-hydrogen) atoms. The number of piperidine rings is 1. The molecule has 0 saturated carbocycles. The van der Waals surface area contributed by atoms with Crippen molar-refractivity contribution < 1.29 is 9.59 Å². The Morgan fingerprint density at radius 3 is 2.70 bits per heavy atom. The molecule has 0 radical (unpaired) electrons. The Labute approximate surface area is 182 Å². The highest BCUT2D eigenvalue weighted by molar-refractivity contribution is 7.71. The number of rotatable bonds is 7. The first-order valence-electron chi connectivity index (χ1n) is 10.7. The summed E-state index contributed by atoms with van der Waals surface area (Å²) in [7, 11) is 0. The fourth-order valence-electron chi connectivity index (χ4n) is 4.04. The van der Waals surface area contributed by atoms with Gasteiger partial charge in [0.2, 0.25) is 11.8 Å². The normalized spacial score (nSPS) is 17.7. The van der Waals surface area contributed by atoms with E-state index in [1.165, 1.54) is 0 Å². The van der Waals surface area contributed by atoms with Crippen molar-refractivity contribution in [1.29, 1.82) is 0 Å². The highest BCUT2D eigenvalue weighted by Crippen LogP contribution is 2.28. The zero-order valence-electron chi connectivity index (χ0n) is 17.9. The van der Waals surface area contributed by atoms with Gasteiger partial charge in [-0.3, -0.25) is 14.7 Å². The summed E-state index contributed by atoms with van der Waals surface area (Å²) in [6.45, 7) is 8.02. The highest BCUT2D eigenvalue weighted by Gasteiger charge is 2.33. The number of benzene rings is 1. The predicted octanol–water partition coefficient (Wildman–Crippen LogP) is 3.57. The third-order valence-electron chi connectivity index (χ3n) is 5.48. The fraction of sp³-hybridized carbons (Fsp3) is 0.545. The van der Waals surface area contributed by atoms with E-state index in [1.54, 1.807) is 0 Å². The number of amides is 2. The van der Waals surface area contributed by atoms with Crippen LogP contribution < -0.4 is 5.32 Å². The molecule has 7 nitrogen and oxygen atoms in total. The van der Waals surface area contributed by atoms with Crippen molar-refractivity contribution in [2.75, 3.05) is 13.1 Å². The molecule has 8 heteroatoms. The van der Waals surface area contributed by atoms with E-state index in [4.69, 9.17) is 12.2 Å². The number of likely N-dealkylation sites (tertiary alicyclic amines) is 1. The van der Waals surface area contributed by atoms with Crippen LogP contribution in [0.25, 0.3) is 0 Å². The maximum absolute atomic E-state index is 13.5. The van der Waals surface area contributed by atoms with Gasteiger partial charge in [-0.15, -0.1) is 0 Å². The summed E-state index contributed by atoms with van der Waals surface area (Å²) in [6, 6.07) is 8.79. The number of nitrogens with zero attached hydrogens (tertiary/aromatic N) is 3. The topological polar surface area (TPSA) is 83.0 Å². The minimum absolute atomic E-state index is 0.0693. The Kier molecular flexibility index (Phi) is 7.42. The van der Waals surface area contributed by atoms with Crippen molar-refractivity contribution in [2.45, 2.75) is 58.5 Å². The minimum Gasteiger partial charge on any atom is -0.341 e. The predicted molar refractivity (Wildman–Crippen MR) is 118 cm³/mol. The van der Waals surface area contributed by atoms with Gasteiger partial charge in [-0.1, -0.05) is 44.2 Å². The van der Waals surface area contributed by atoms with E-state index >= 15 is 0 Å². The van der Waals surface area contributed by atoms with E-state index in [0.29, 0.717) is 24.3 Å². The molecular formula is C22H31N5O2S. The van der Waals surface area contributed by atoms with Gasteiger partial charge in [0, 0.05) is 32.0 Å². The second-order valence-corrected chi connectivity index (χ2v) is 8.65. The first kappa shape index (κ1) is 22.2. The van der Waals surface area contributed by atoms with Crippen molar-refractivity contribution >= 4 is 24.0 Å². The van der Waals surface area contributed by atoms with Crippen molar-refractivity contribution in [2.24, 2.45) is 5.92 Å². The molecule has 1 fully saturated rings. The third kappa shape index (κ3) is 5.16. The zero-order valence-corrected chi connectivity index (χ0v) is 18.7. The Morgan fingerprint density at radius 2 is 2.03 bits per heavy atom. The van der Waals surface area contributed by atoms with Gasteiger partial charge >= 0.3 is 0 Å². The first-order chi connectivity index (χ1) is 14.4. The minimum atomic E-state index is -0.678. The average Bonchev–Trinajstić information content (AvgIpc) is 3.12. The molecule has 2 N–H and O–H groups in total. The number of hydrogen-bond acceptors (Lipinski definition) is 4. The fourth-order valence-corrected chi connectivity index (χ4v) is 4.31. The van der Waals surface area contributed by atoms with E-state index in [9.17, 15) is 9.59 Å². The van der Waals surface area contributed by atoms with Gasteiger partial charge in [0.15, 0.2) is 4.77 Å². The van der Waals surface area contributed by atoms with Crippen LogP contribution in [0.3, 0.4) is 0 Å². The maximum atomic E-state index is 13.5. The van der Waals surface area contributed by atoms with Crippen molar-refractivity contribution in [1.82, 2.24) is 25.0 Å². The number of aromatic amines is 1. The van der Waals surface area contributed by atoms with E-state index in [2.05, 4.69) is 15.5 Å². The van der Waals surface area contributed by atoms with Crippen LogP contribution in [-0.4, -0.2) is 44.6 Å². The molecule has 2 unspecified atom stereocenters. The van der Waals surface area contributed by atoms with Crippen LogP contribution in [0.2, 0.25) is 0 Å². The standard InChI is InChI=1S/C22H31N5O2S/c1-4-27-20(24-25-22(27)30)17-11-8-12-26(14-17)21(29)19(16-9-6-5-7-10-16)23-18(28)13-15(2)3/h5-7,9-10,15,17,19H,4,8,11-14H2,1-3H3,(H,23,28)(H,25,30). The third-order valence-corrected chi connectivity index (χ3v) is 5.79. The molecule has 3 rings (SSSR count). The number of carbonyl (C=O) groups is 2. The molecule has 2 heterocycles. The lowest BCUT2D eigenvalue weighted by Crippen LogP contribution is -2.47. The quantitative estimate of drug-likeness (QED) is 0.659. The summed E-state index contributed by atoms with van der Waals surface area (Å²) in [6.07, 6.45) is 2.24. The zero-order chi connectivity index (χ0) is 21.7. The van der Waals surface area contributed by atoms with Gasteiger partial charge in [0.1, 0.15) is 11.9 Å². The SMILES string of the molecule is CCn1c(C2CCCN(C(=O)C(NC(=O)CC(C)C)c3ccccc3)C2)n[nH]c1=S. The number of hydrogen-bond donors (Lipinski definition) is 2. The van der Waals surface area contributed by atoms with Crippen molar-refractivity contribution in [3.8, 4) is 0 Å². The second kappa shape index (κ2) is 10.0. The number of aromatic nitrogens is 3. The molecule has 2 amide bonds. The summed E-state index contributed by atoms with van der Waals surface area (Å²) in [5.41, 5.74) is 0.804. The molecule has 2 atom stereocenters. The molecule has 2 aromatic rings. The molecule has 1 aromatic heterocycles. The summed E-state index contributed by atoms with van der Waals surface area (Å²) in [5.74, 6) is 1.08. The molecule has 1 saturated heterocycles. The number of H-pyrrole nitrogens is 1. The van der Waals surface area contributed by atoms with Crippen molar-refractivity contribution in [3.63, 3.8) is 0 Å². The second-order valence-electron chi connectivity index (χ2n) is 8.26. The lowest BCUT2D eigenvalue weighted by atomic mass is 9.95.